The summed E-state index contributed by atoms with van der Waals surface area (Å²) in [4.78, 5) is 11.1. The number of carbonyl (C=O) groups is 1. The number of hydrogen-bond acceptors (Lipinski definition) is 3. The van der Waals surface area contributed by atoms with Crippen LogP contribution in [0.4, 0.5) is 22.0 Å². The predicted octanol–water partition coefficient (Wildman–Crippen LogP) is 2.22. The molecule has 8 heteroatoms. The Labute approximate surface area is 104 Å². The standard InChI is InChI=1S/C11H9F5O3/c1-3(11(18)19-2)10(17)4-5(12)7(14)9(16)8(15)6(4)13/h3,10,17H,1-2H3. The molecule has 106 valence electrons. The van der Waals surface area contributed by atoms with Crippen LogP contribution in [-0.4, -0.2) is 18.2 Å². The van der Waals surface area contributed by atoms with Crippen LogP contribution in [0.25, 0.3) is 0 Å². The molecule has 0 fully saturated rings. The van der Waals surface area contributed by atoms with E-state index in [1.54, 1.807) is 0 Å². The summed E-state index contributed by atoms with van der Waals surface area (Å²) in [6, 6.07) is 0. The number of hydrogen-bond donors (Lipinski definition) is 1. The number of rotatable bonds is 3. The van der Waals surface area contributed by atoms with Crippen molar-refractivity contribution in [2.75, 3.05) is 7.11 Å². The van der Waals surface area contributed by atoms with Gasteiger partial charge in [-0.15, -0.1) is 0 Å². The average Bonchev–Trinajstić information content (AvgIpc) is 2.41. The summed E-state index contributed by atoms with van der Waals surface area (Å²) in [6.07, 6.45) is -2.22. The second kappa shape index (κ2) is 5.52. The maximum atomic E-state index is 13.3. The molecule has 1 aromatic rings. The van der Waals surface area contributed by atoms with E-state index in [1.807, 2.05) is 0 Å². The van der Waals surface area contributed by atoms with Gasteiger partial charge in [-0.05, 0) is 6.92 Å². The Balaban J connectivity index is 3.39. The van der Waals surface area contributed by atoms with Crippen molar-refractivity contribution in [2.45, 2.75) is 13.0 Å². The van der Waals surface area contributed by atoms with Crippen molar-refractivity contribution in [1.82, 2.24) is 0 Å². The van der Waals surface area contributed by atoms with Gasteiger partial charge in [0.25, 0.3) is 0 Å². The molecule has 0 spiro atoms. The van der Waals surface area contributed by atoms with E-state index in [9.17, 15) is 31.9 Å². The first-order valence-electron chi connectivity index (χ1n) is 5.01. The minimum absolute atomic E-state index is 0.949. The third-order valence-corrected chi connectivity index (χ3v) is 2.59. The van der Waals surface area contributed by atoms with Gasteiger partial charge in [-0.3, -0.25) is 4.79 Å². The molecule has 1 aromatic carbocycles. The van der Waals surface area contributed by atoms with Crippen molar-refractivity contribution in [3.8, 4) is 0 Å². The number of methoxy groups -OCH3 is 1. The van der Waals surface area contributed by atoms with Crippen LogP contribution in [0.2, 0.25) is 0 Å². The van der Waals surface area contributed by atoms with Gasteiger partial charge < -0.3 is 9.84 Å². The molecule has 0 bridgehead atoms. The third-order valence-electron chi connectivity index (χ3n) is 2.59. The molecule has 0 aliphatic heterocycles. The van der Waals surface area contributed by atoms with Crippen molar-refractivity contribution in [2.24, 2.45) is 5.92 Å². The third kappa shape index (κ3) is 2.53. The Morgan fingerprint density at radius 1 is 1.00 bits per heavy atom. The smallest absolute Gasteiger partial charge is 0.311 e. The normalized spacial score (nSPS) is 14.1. The molecule has 19 heavy (non-hydrogen) atoms. The van der Waals surface area contributed by atoms with Gasteiger partial charge >= 0.3 is 5.97 Å². The number of ether oxygens (including phenoxy) is 1. The molecule has 0 aromatic heterocycles. The SMILES string of the molecule is COC(=O)C(C)C(O)c1c(F)c(F)c(F)c(F)c1F. The van der Waals surface area contributed by atoms with Crippen molar-refractivity contribution in [3.05, 3.63) is 34.6 Å². The summed E-state index contributed by atoms with van der Waals surface area (Å²) in [5, 5.41) is 9.56. The van der Waals surface area contributed by atoms with E-state index < -0.39 is 52.6 Å². The number of halogens is 5. The summed E-state index contributed by atoms with van der Waals surface area (Å²) < 4.78 is 69.5. The fraction of sp³-hybridized carbons (Fsp3) is 0.364. The summed E-state index contributed by atoms with van der Waals surface area (Å²) in [5.41, 5.74) is -1.46. The Hall–Kier alpha value is -1.70. The van der Waals surface area contributed by atoms with Crippen LogP contribution in [0, 0.1) is 35.0 Å². The molecule has 0 saturated heterocycles. The van der Waals surface area contributed by atoms with E-state index in [0.29, 0.717) is 0 Å². The predicted molar refractivity (Wildman–Crippen MR) is 52.4 cm³/mol. The molecule has 1 N–H and O–H groups in total. The number of esters is 1. The van der Waals surface area contributed by atoms with Crippen LogP contribution in [0.15, 0.2) is 0 Å². The number of aliphatic hydroxyl groups is 1. The zero-order valence-electron chi connectivity index (χ0n) is 9.81. The highest BCUT2D eigenvalue weighted by molar-refractivity contribution is 5.72. The molecular formula is C11H9F5O3. The lowest BCUT2D eigenvalue weighted by atomic mass is 9.96. The molecule has 1 rings (SSSR count). The monoisotopic (exact) mass is 284 g/mol. The van der Waals surface area contributed by atoms with E-state index in [1.165, 1.54) is 0 Å². The molecule has 0 saturated carbocycles. The molecule has 3 nitrogen and oxygen atoms in total. The molecule has 2 unspecified atom stereocenters. The highest BCUT2D eigenvalue weighted by Gasteiger charge is 2.34. The van der Waals surface area contributed by atoms with Crippen LogP contribution < -0.4 is 0 Å². The van der Waals surface area contributed by atoms with Crippen LogP contribution in [0.5, 0.6) is 0 Å². The second-order valence-corrected chi connectivity index (χ2v) is 3.74. The molecule has 0 radical (unpaired) electrons. The highest BCUT2D eigenvalue weighted by Crippen LogP contribution is 2.31. The lowest BCUT2D eigenvalue weighted by Crippen LogP contribution is -2.23. The topological polar surface area (TPSA) is 46.5 Å². The Bertz CT molecular complexity index is 489. The summed E-state index contributed by atoms with van der Waals surface area (Å²) in [6.45, 7) is 1.02. The average molecular weight is 284 g/mol. The highest BCUT2D eigenvalue weighted by atomic mass is 19.2. The Morgan fingerprint density at radius 2 is 1.37 bits per heavy atom. The zero-order valence-corrected chi connectivity index (χ0v) is 9.81. The molecule has 0 amide bonds. The van der Waals surface area contributed by atoms with E-state index in [0.717, 1.165) is 14.0 Å². The fourth-order valence-corrected chi connectivity index (χ4v) is 1.45. The number of carbonyl (C=O) groups excluding carboxylic acids is 1. The van der Waals surface area contributed by atoms with Crippen molar-refractivity contribution in [1.29, 1.82) is 0 Å². The number of aliphatic hydroxyl groups excluding tert-OH is 1. The first-order valence-corrected chi connectivity index (χ1v) is 5.01. The lowest BCUT2D eigenvalue weighted by Gasteiger charge is -2.18. The van der Waals surface area contributed by atoms with Gasteiger partial charge in [0.2, 0.25) is 5.82 Å². The van der Waals surface area contributed by atoms with Crippen LogP contribution in [0.3, 0.4) is 0 Å². The Kier molecular flexibility index (Phi) is 4.46. The maximum Gasteiger partial charge on any atom is 0.311 e. The summed E-state index contributed by atoms with van der Waals surface area (Å²) in [7, 11) is 0.949. The van der Waals surface area contributed by atoms with Crippen LogP contribution in [-0.2, 0) is 9.53 Å². The maximum absolute atomic E-state index is 13.3. The minimum Gasteiger partial charge on any atom is -0.469 e. The van der Waals surface area contributed by atoms with Crippen LogP contribution in [0.1, 0.15) is 18.6 Å². The van der Waals surface area contributed by atoms with Gasteiger partial charge in [0, 0.05) is 0 Å². The largest absolute Gasteiger partial charge is 0.469 e. The molecule has 0 aliphatic carbocycles. The van der Waals surface area contributed by atoms with Crippen LogP contribution >= 0.6 is 0 Å². The van der Waals surface area contributed by atoms with Gasteiger partial charge in [-0.25, -0.2) is 22.0 Å². The summed E-state index contributed by atoms with van der Waals surface area (Å²) in [5.74, 6) is -13.6. The van der Waals surface area contributed by atoms with Gasteiger partial charge in [-0.1, -0.05) is 0 Å². The lowest BCUT2D eigenvalue weighted by molar-refractivity contribution is -0.148. The Morgan fingerprint density at radius 3 is 1.74 bits per heavy atom. The van der Waals surface area contributed by atoms with E-state index in [4.69, 9.17) is 0 Å². The van der Waals surface area contributed by atoms with Gasteiger partial charge in [0.05, 0.1) is 24.7 Å². The van der Waals surface area contributed by atoms with Crippen molar-refractivity contribution in [3.63, 3.8) is 0 Å². The van der Waals surface area contributed by atoms with E-state index in [-0.39, 0.29) is 0 Å². The van der Waals surface area contributed by atoms with Gasteiger partial charge in [-0.2, -0.15) is 0 Å². The van der Waals surface area contributed by atoms with Crippen molar-refractivity contribution >= 4 is 5.97 Å². The van der Waals surface area contributed by atoms with E-state index in [2.05, 4.69) is 4.74 Å². The van der Waals surface area contributed by atoms with Gasteiger partial charge in [0.15, 0.2) is 23.3 Å². The fourth-order valence-electron chi connectivity index (χ4n) is 1.45. The first-order chi connectivity index (χ1) is 8.73. The molecule has 0 heterocycles. The van der Waals surface area contributed by atoms with E-state index >= 15 is 0 Å². The summed E-state index contributed by atoms with van der Waals surface area (Å²) >= 11 is 0. The molecule has 2 atom stereocenters. The van der Waals surface area contributed by atoms with Gasteiger partial charge in [0.1, 0.15) is 0 Å². The minimum atomic E-state index is -2.34. The zero-order chi connectivity index (χ0) is 14.9. The molecular weight excluding hydrogens is 275 g/mol. The first kappa shape index (κ1) is 15.4. The number of benzene rings is 1. The quantitative estimate of drug-likeness (QED) is 0.401. The molecule has 0 aliphatic rings. The second-order valence-electron chi connectivity index (χ2n) is 3.74. The van der Waals surface area contributed by atoms with Crippen molar-refractivity contribution < 1.29 is 36.6 Å².